The smallest absolute Gasteiger partial charge is 0.166 e. The maximum absolute atomic E-state index is 5.34. The van der Waals surface area contributed by atoms with Gasteiger partial charge in [0.15, 0.2) is 34.9 Å². The third-order valence-electron chi connectivity index (χ3n) is 12.3. The summed E-state index contributed by atoms with van der Waals surface area (Å²) in [6.45, 7) is 7.55. The molecule has 12 aromatic rings. The van der Waals surface area contributed by atoms with Crippen molar-refractivity contribution in [3.8, 4) is 96.5 Å². The molecule has 0 aliphatic carbocycles. The van der Waals surface area contributed by atoms with Crippen LogP contribution in [0.3, 0.4) is 0 Å². The van der Waals surface area contributed by atoms with Crippen molar-refractivity contribution >= 4 is 21.8 Å². The molecule has 0 aliphatic heterocycles. The minimum atomic E-state index is 0.477. The van der Waals surface area contributed by atoms with E-state index in [9.17, 15) is 0 Å². The summed E-state index contributed by atoms with van der Waals surface area (Å²) in [4.78, 5) is 54.3. The maximum atomic E-state index is 5.34. The molecule has 0 amide bonds. The highest BCUT2D eigenvalue weighted by Crippen LogP contribution is 2.41. The Bertz CT molecular complexity index is 3710. The van der Waals surface area contributed by atoms with Crippen molar-refractivity contribution in [3.05, 3.63) is 205 Å². The number of aryl methyl sites for hydroxylation is 4. The van der Waals surface area contributed by atoms with Crippen LogP contribution in [0.15, 0.2) is 182 Å². The van der Waals surface area contributed by atoms with Crippen molar-refractivity contribution in [2.45, 2.75) is 27.7 Å². The van der Waals surface area contributed by atoms with E-state index in [1.807, 2.05) is 137 Å². The number of hydrogen-bond acceptors (Lipinski definition) is 11. The highest BCUT2D eigenvalue weighted by atomic mass is 15.1. The van der Waals surface area contributed by atoms with E-state index < -0.39 is 0 Å². The lowest BCUT2D eigenvalue weighted by Crippen LogP contribution is -2.05. The van der Waals surface area contributed by atoms with E-state index in [2.05, 4.69) is 87.3 Å². The van der Waals surface area contributed by atoms with Crippen LogP contribution in [0.2, 0.25) is 0 Å². The van der Waals surface area contributed by atoms with Gasteiger partial charge in [0.2, 0.25) is 0 Å². The van der Waals surface area contributed by atoms with Gasteiger partial charge in [-0.1, -0.05) is 152 Å². The van der Waals surface area contributed by atoms with Crippen LogP contribution in [0.4, 0.5) is 0 Å². The van der Waals surface area contributed by atoms with Gasteiger partial charge in [0.05, 0.1) is 28.1 Å². The predicted octanol–water partition coefficient (Wildman–Crippen LogP) is 12.7. The summed E-state index contributed by atoms with van der Waals surface area (Å²) in [5.41, 5.74) is 11.1. The van der Waals surface area contributed by atoms with Gasteiger partial charge in [0, 0.05) is 55.3 Å². The van der Waals surface area contributed by atoms with Crippen LogP contribution >= 0.6 is 0 Å². The van der Waals surface area contributed by atoms with Gasteiger partial charge in [-0.15, -0.1) is 0 Å². The van der Waals surface area contributed by atoms with Crippen molar-refractivity contribution in [1.82, 2.24) is 59.4 Å². The average Bonchev–Trinajstić information content (AvgIpc) is 3.73. The van der Waals surface area contributed by atoms with Crippen molar-refractivity contribution in [3.63, 3.8) is 0 Å². The molecule has 7 aromatic carbocycles. The molecule has 12 rings (SSSR count). The molecule has 12 heteroatoms. The Morgan fingerprint density at radius 3 is 1.08 bits per heavy atom. The number of fused-ring (bicyclic) bond motifs is 3. The fraction of sp³-hybridized carbons (Fsp3) is 0.0678. The Hall–Kier alpha value is -9.55. The van der Waals surface area contributed by atoms with Crippen LogP contribution in [0, 0.1) is 27.7 Å². The van der Waals surface area contributed by atoms with Crippen LogP contribution in [-0.4, -0.2) is 59.4 Å². The van der Waals surface area contributed by atoms with E-state index in [0.29, 0.717) is 58.2 Å². The molecule has 0 saturated heterocycles. The van der Waals surface area contributed by atoms with Crippen molar-refractivity contribution in [1.29, 1.82) is 0 Å². The first-order valence-corrected chi connectivity index (χ1v) is 23.3. The summed E-state index contributed by atoms with van der Waals surface area (Å²) in [7, 11) is 0. The van der Waals surface area contributed by atoms with Gasteiger partial charge in [-0.2, -0.15) is 0 Å². The molecular weight excluding hydrogens is 877 g/mol. The molecule has 0 unspecified atom stereocenters. The van der Waals surface area contributed by atoms with Crippen LogP contribution in [0.5, 0.6) is 0 Å². The third kappa shape index (κ3) is 8.33. The lowest BCUT2D eigenvalue weighted by Gasteiger charge is -2.17. The van der Waals surface area contributed by atoms with Gasteiger partial charge in [-0.3, -0.25) is 0 Å². The van der Waals surface area contributed by atoms with Gasteiger partial charge in [-0.05, 0) is 58.0 Å². The highest BCUT2D eigenvalue weighted by Gasteiger charge is 2.23. The Balaban J connectivity index is 1.18. The Morgan fingerprint density at radius 1 is 0.268 bits per heavy atom. The first-order chi connectivity index (χ1) is 34.8. The second kappa shape index (κ2) is 17.8. The molecule has 0 bridgehead atoms. The zero-order valence-corrected chi connectivity index (χ0v) is 39.2. The molecule has 338 valence electrons. The Morgan fingerprint density at radius 2 is 0.634 bits per heavy atom. The first-order valence-electron chi connectivity index (χ1n) is 23.3. The first kappa shape index (κ1) is 42.8. The number of nitrogens with zero attached hydrogens (tertiary/aromatic N) is 12. The van der Waals surface area contributed by atoms with E-state index in [1.165, 1.54) is 0 Å². The summed E-state index contributed by atoms with van der Waals surface area (Å²) < 4.78 is 2.28. The molecule has 5 heterocycles. The van der Waals surface area contributed by atoms with Crippen LogP contribution in [0.25, 0.3) is 118 Å². The van der Waals surface area contributed by atoms with E-state index in [0.717, 1.165) is 83.4 Å². The molecule has 12 nitrogen and oxygen atoms in total. The highest BCUT2D eigenvalue weighted by molar-refractivity contribution is 6.11. The van der Waals surface area contributed by atoms with Gasteiger partial charge in [0.25, 0.3) is 0 Å². The molecule has 0 N–H and O–H groups in total. The molecule has 5 aromatic heterocycles. The van der Waals surface area contributed by atoms with Crippen molar-refractivity contribution in [2.24, 2.45) is 0 Å². The van der Waals surface area contributed by atoms with Gasteiger partial charge >= 0.3 is 0 Å². The minimum Gasteiger partial charge on any atom is -0.308 e. The zero-order chi connectivity index (χ0) is 48.0. The van der Waals surface area contributed by atoms with Crippen LogP contribution < -0.4 is 0 Å². The largest absolute Gasteiger partial charge is 0.308 e. The van der Waals surface area contributed by atoms with Crippen LogP contribution in [-0.2, 0) is 0 Å². The van der Waals surface area contributed by atoms with E-state index >= 15 is 0 Å². The summed E-state index contributed by atoms with van der Waals surface area (Å²) in [5, 5.41) is 2.05. The summed E-state index contributed by atoms with van der Waals surface area (Å²) in [6, 6.07) is 61.5. The minimum absolute atomic E-state index is 0.477. The van der Waals surface area contributed by atoms with E-state index in [-0.39, 0.29) is 0 Å². The third-order valence-corrected chi connectivity index (χ3v) is 12.3. The fourth-order valence-electron chi connectivity index (χ4n) is 9.11. The van der Waals surface area contributed by atoms with Crippen molar-refractivity contribution < 1.29 is 0 Å². The van der Waals surface area contributed by atoms with Gasteiger partial charge in [0.1, 0.15) is 23.3 Å². The molecule has 0 saturated carbocycles. The Labute approximate surface area is 409 Å². The van der Waals surface area contributed by atoms with E-state index in [1.54, 1.807) is 0 Å². The number of benzene rings is 7. The topological polar surface area (TPSA) is 147 Å². The summed E-state index contributed by atoms with van der Waals surface area (Å²) in [6.07, 6.45) is 0. The molecule has 0 spiro atoms. The predicted molar refractivity (Wildman–Crippen MR) is 279 cm³/mol. The quantitative estimate of drug-likeness (QED) is 0.136. The maximum Gasteiger partial charge on any atom is 0.166 e. The molecule has 0 aliphatic rings. The summed E-state index contributed by atoms with van der Waals surface area (Å²) >= 11 is 0. The van der Waals surface area contributed by atoms with Gasteiger partial charge < -0.3 is 4.57 Å². The Kier molecular flexibility index (Phi) is 10.7. The fourth-order valence-corrected chi connectivity index (χ4v) is 9.11. The lowest BCUT2D eigenvalue weighted by atomic mass is 10.0. The molecular formula is C59H42N12. The number of rotatable bonds is 9. The second-order valence-corrected chi connectivity index (χ2v) is 17.3. The van der Waals surface area contributed by atoms with Gasteiger partial charge in [-0.25, -0.2) is 54.8 Å². The standard InChI is InChI=1S/C59H42N12/c1-35-60-36(2)63-57(62-35)44-25-28-46-47-29-26-45(58-64-37(3)61-38(4)65-58)33-53(47)71(52(46)32-44)51-30-27-43(50-34-49(39-17-9-5-10-18-39)66-54(67-50)40-19-11-6-12-20-40)31-48(51)59-69-55(41-21-13-7-14-22-41)68-56(70-59)42-23-15-8-16-24-42/h5-34H,1-4H3. The monoisotopic (exact) mass is 918 g/mol. The number of aromatic nitrogens is 12. The SMILES string of the molecule is Cc1nc(C)nc(-c2ccc3c4ccc(-c5nc(C)nc(C)n5)cc4n(-c4ccc(-c5cc(-c6ccccc6)nc(-c6ccccc6)n5)cc4-c4nc(-c5ccccc5)nc(-c5ccccc5)n4)c3c2)n1. The molecule has 0 atom stereocenters. The van der Waals surface area contributed by atoms with Crippen LogP contribution in [0.1, 0.15) is 23.3 Å². The molecule has 0 radical (unpaired) electrons. The second-order valence-electron chi connectivity index (χ2n) is 17.3. The summed E-state index contributed by atoms with van der Waals surface area (Å²) in [5.74, 6) is 5.93. The molecule has 71 heavy (non-hydrogen) atoms. The average molecular weight is 919 g/mol. The van der Waals surface area contributed by atoms with E-state index in [4.69, 9.17) is 44.9 Å². The van der Waals surface area contributed by atoms with Crippen molar-refractivity contribution in [2.75, 3.05) is 0 Å². The lowest BCUT2D eigenvalue weighted by molar-refractivity contribution is 0.928. The normalized spacial score (nSPS) is 11.4. The number of hydrogen-bond donors (Lipinski definition) is 0. The zero-order valence-electron chi connectivity index (χ0n) is 39.2. The molecule has 0 fully saturated rings.